The normalized spacial score (nSPS) is 23.4. The average molecular weight is 447 g/mol. The number of ether oxygens (including phenoxy) is 1. The van der Waals surface area contributed by atoms with Crippen molar-refractivity contribution in [3.63, 3.8) is 0 Å². The molecule has 7 nitrogen and oxygen atoms in total. The molecule has 3 atom stereocenters. The molecule has 0 aliphatic carbocycles. The number of nitriles is 1. The average Bonchev–Trinajstić information content (AvgIpc) is 3.48. The van der Waals surface area contributed by atoms with Crippen LogP contribution in [0.3, 0.4) is 0 Å². The Morgan fingerprint density at radius 1 is 1.28 bits per heavy atom. The summed E-state index contributed by atoms with van der Waals surface area (Å²) in [4.78, 5) is 16.4. The molecule has 2 fully saturated rings. The third-order valence-corrected chi connectivity index (χ3v) is 6.15. The third-order valence-electron chi connectivity index (χ3n) is 6.15. The number of alkyl halides is 3. The van der Waals surface area contributed by atoms with Gasteiger partial charge >= 0.3 is 6.36 Å². The largest absolute Gasteiger partial charge is 0.573 e. The number of amides is 1. The molecule has 0 saturated carbocycles. The van der Waals surface area contributed by atoms with Gasteiger partial charge in [0.15, 0.2) is 6.19 Å². The van der Waals surface area contributed by atoms with E-state index in [0.29, 0.717) is 39.0 Å². The monoisotopic (exact) mass is 447 g/mol. The lowest BCUT2D eigenvalue weighted by atomic mass is 9.98. The van der Waals surface area contributed by atoms with Gasteiger partial charge in [0.05, 0.1) is 12.6 Å². The van der Waals surface area contributed by atoms with Crippen molar-refractivity contribution in [3.05, 3.63) is 48.3 Å². The van der Waals surface area contributed by atoms with Crippen molar-refractivity contribution in [2.45, 2.75) is 44.1 Å². The molecule has 0 radical (unpaired) electrons. The minimum atomic E-state index is -4.73. The molecule has 1 aromatic carbocycles. The van der Waals surface area contributed by atoms with Gasteiger partial charge in [-0.15, -0.1) is 13.2 Å². The highest BCUT2D eigenvalue weighted by atomic mass is 19.4. The van der Waals surface area contributed by atoms with Crippen LogP contribution in [-0.4, -0.2) is 57.5 Å². The van der Waals surface area contributed by atoms with E-state index in [1.54, 1.807) is 26.7 Å². The van der Waals surface area contributed by atoms with Gasteiger partial charge in [0.2, 0.25) is 5.91 Å². The number of rotatable bonds is 6. The second kappa shape index (κ2) is 9.10. The highest BCUT2D eigenvalue weighted by Gasteiger charge is 2.36. The van der Waals surface area contributed by atoms with Crippen LogP contribution in [0.1, 0.15) is 30.7 Å². The quantitative estimate of drug-likeness (QED) is 0.635. The number of aromatic nitrogens is 2. The zero-order valence-electron chi connectivity index (χ0n) is 17.4. The van der Waals surface area contributed by atoms with Gasteiger partial charge in [-0.05, 0) is 42.5 Å². The number of benzene rings is 1. The van der Waals surface area contributed by atoms with E-state index in [1.807, 2.05) is 12.3 Å². The Balaban J connectivity index is 1.32. The Morgan fingerprint density at radius 2 is 2.12 bits per heavy atom. The van der Waals surface area contributed by atoms with Gasteiger partial charge in [-0.2, -0.15) is 10.4 Å². The summed E-state index contributed by atoms with van der Waals surface area (Å²) in [6.07, 6.45) is 2.84. The fraction of sp³-hybridized carbons (Fsp3) is 0.500. The summed E-state index contributed by atoms with van der Waals surface area (Å²) in [6.45, 7) is 2.19. The predicted octanol–water partition coefficient (Wildman–Crippen LogP) is 3.36. The van der Waals surface area contributed by atoms with Gasteiger partial charge in [0.25, 0.3) is 0 Å². The first-order chi connectivity index (χ1) is 15.3. The third kappa shape index (κ3) is 5.33. The van der Waals surface area contributed by atoms with Crippen molar-refractivity contribution in [3.8, 4) is 11.9 Å². The van der Waals surface area contributed by atoms with Crippen LogP contribution in [0, 0.1) is 17.4 Å². The van der Waals surface area contributed by atoms with Crippen molar-refractivity contribution in [2.24, 2.45) is 5.92 Å². The van der Waals surface area contributed by atoms with E-state index < -0.39 is 6.36 Å². The Labute approximate surface area is 184 Å². The standard InChI is InChI=1S/C22H24F3N5O2/c23-22(24,25)32-20-4-1-3-17(11-20)18-5-8-28(13-18)21(31)10-16-9-19(29(12-16)15-26)14-30-7-2-6-27-30/h1-4,6-7,11,16,18-19H,5,8-10,12-14H2/t16-,18?,19-/m0/s1. The van der Waals surface area contributed by atoms with E-state index in [4.69, 9.17) is 0 Å². The van der Waals surface area contributed by atoms with E-state index in [1.165, 1.54) is 18.2 Å². The number of nitrogens with zero attached hydrogens (tertiary/aromatic N) is 5. The minimum Gasteiger partial charge on any atom is -0.406 e. The van der Waals surface area contributed by atoms with Crippen LogP contribution in [0.2, 0.25) is 0 Å². The van der Waals surface area contributed by atoms with Crippen molar-refractivity contribution in [1.29, 1.82) is 5.26 Å². The van der Waals surface area contributed by atoms with Crippen molar-refractivity contribution < 1.29 is 22.7 Å². The molecule has 2 saturated heterocycles. The zero-order chi connectivity index (χ0) is 22.7. The number of carbonyl (C=O) groups is 1. The Bertz CT molecular complexity index is 973. The number of carbonyl (C=O) groups excluding carboxylic acids is 1. The second-order valence-corrected chi connectivity index (χ2v) is 8.39. The molecule has 3 heterocycles. The van der Waals surface area contributed by atoms with E-state index >= 15 is 0 Å². The summed E-state index contributed by atoms with van der Waals surface area (Å²) in [7, 11) is 0. The fourth-order valence-corrected chi connectivity index (χ4v) is 4.68. The Kier molecular flexibility index (Phi) is 6.26. The van der Waals surface area contributed by atoms with Gasteiger partial charge in [-0.1, -0.05) is 12.1 Å². The molecule has 170 valence electrons. The molecule has 32 heavy (non-hydrogen) atoms. The van der Waals surface area contributed by atoms with Gasteiger partial charge in [-0.25, -0.2) is 0 Å². The summed E-state index contributed by atoms with van der Waals surface area (Å²) in [5, 5.41) is 13.6. The van der Waals surface area contributed by atoms with Gasteiger partial charge in [-0.3, -0.25) is 9.48 Å². The fourth-order valence-electron chi connectivity index (χ4n) is 4.68. The number of hydrogen-bond donors (Lipinski definition) is 0. The van der Waals surface area contributed by atoms with Gasteiger partial charge < -0.3 is 14.5 Å². The summed E-state index contributed by atoms with van der Waals surface area (Å²) < 4.78 is 43.3. The molecule has 1 amide bonds. The van der Waals surface area contributed by atoms with Crippen molar-refractivity contribution in [2.75, 3.05) is 19.6 Å². The molecular formula is C22H24F3N5O2. The van der Waals surface area contributed by atoms with E-state index in [2.05, 4.69) is 16.0 Å². The van der Waals surface area contributed by atoms with Crippen LogP contribution in [-0.2, 0) is 11.3 Å². The van der Waals surface area contributed by atoms with Gasteiger partial charge in [0, 0.05) is 44.4 Å². The first kappa shape index (κ1) is 22.0. The van der Waals surface area contributed by atoms with E-state index in [0.717, 1.165) is 12.0 Å². The lowest BCUT2D eigenvalue weighted by Crippen LogP contribution is -2.30. The molecule has 1 aromatic heterocycles. The molecule has 2 aromatic rings. The number of halogens is 3. The van der Waals surface area contributed by atoms with Crippen LogP contribution < -0.4 is 4.74 Å². The molecule has 2 aliphatic heterocycles. The second-order valence-electron chi connectivity index (χ2n) is 8.39. The summed E-state index contributed by atoms with van der Waals surface area (Å²) in [5.41, 5.74) is 0.734. The molecule has 1 unspecified atom stereocenters. The molecule has 10 heteroatoms. The molecule has 4 rings (SSSR count). The van der Waals surface area contributed by atoms with E-state index in [-0.39, 0.29) is 29.5 Å². The summed E-state index contributed by atoms with van der Waals surface area (Å²) in [5.74, 6) is -0.156. The minimum absolute atomic E-state index is 0.0143. The molecular weight excluding hydrogens is 423 g/mol. The SMILES string of the molecule is N#CN1C[C@H](CC(=O)N2CCC(c3cccc(OC(F)(F)F)c3)C2)C[C@H]1Cn1cccn1. The molecule has 0 N–H and O–H groups in total. The van der Waals surface area contributed by atoms with Crippen LogP contribution in [0.15, 0.2) is 42.7 Å². The highest BCUT2D eigenvalue weighted by Crippen LogP contribution is 2.33. The maximum absolute atomic E-state index is 12.9. The van der Waals surface area contributed by atoms with Crippen LogP contribution in [0.4, 0.5) is 13.2 Å². The first-order valence-corrected chi connectivity index (χ1v) is 10.6. The number of hydrogen-bond acceptors (Lipinski definition) is 5. The van der Waals surface area contributed by atoms with Crippen LogP contribution in [0.5, 0.6) is 5.75 Å². The van der Waals surface area contributed by atoms with Crippen LogP contribution in [0.25, 0.3) is 0 Å². The summed E-state index contributed by atoms with van der Waals surface area (Å²) in [6, 6.07) is 7.82. The Hall–Kier alpha value is -3.22. The molecule has 0 bridgehead atoms. The van der Waals surface area contributed by atoms with E-state index in [9.17, 15) is 23.2 Å². The smallest absolute Gasteiger partial charge is 0.406 e. The highest BCUT2D eigenvalue weighted by molar-refractivity contribution is 5.77. The number of likely N-dealkylation sites (tertiary alicyclic amines) is 2. The van der Waals surface area contributed by atoms with Crippen molar-refractivity contribution >= 4 is 5.91 Å². The van der Waals surface area contributed by atoms with Crippen LogP contribution >= 0.6 is 0 Å². The molecule has 0 spiro atoms. The summed E-state index contributed by atoms with van der Waals surface area (Å²) >= 11 is 0. The Morgan fingerprint density at radius 3 is 2.84 bits per heavy atom. The molecule has 2 aliphatic rings. The lowest BCUT2D eigenvalue weighted by Gasteiger charge is -2.19. The maximum Gasteiger partial charge on any atom is 0.573 e. The predicted molar refractivity (Wildman–Crippen MR) is 108 cm³/mol. The topological polar surface area (TPSA) is 74.4 Å². The van der Waals surface area contributed by atoms with Crippen molar-refractivity contribution in [1.82, 2.24) is 19.6 Å². The van der Waals surface area contributed by atoms with Gasteiger partial charge in [0.1, 0.15) is 5.75 Å². The maximum atomic E-state index is 12.9. The lowest BCUT2D eigenvalue weighted by molar-refractivity contribution is -0.274. The zero-order valence-corrected chi connectivity index (χ0v) is 17.4. The first-order valence-electron chi connectivity index (χ1n) is 10.6.